The second kappa shape index (κ2) is 24.0. The van der Waals surface area contributed by atoms with E-state index >= 15 is 0 Å². The summed E-state index contributed by atoms with van der Waals surface area (Å²) in [6.45, 7) is 6.16. The predicted molar refractivity (Wildman–Crippen MR) is 256 cm³/mol. The van der Waals surface area contributed by atoms with Crippen LogP contribution in [0.3, 0.4) is 0 Å². The number of nitrogens with zero attached hydrogens (tertiary/aromatic N) is 9. The zero-order valence-corrected chi connectivity index (χ0v) is 37.4. The number of aryl methyl sites for hydroxylation is 3. The second-order valence-corrected chi connectivity index (χ2v) is 14.4. The van der Waals surface area contributed by atoms with Gasteiger partial charge < -0.3 is 0 Å². The van der Waals surface area contributed by atoms with E-state index in [9.17, 15) is 0 Å². The van der Waals surface area contributed by atoms with E-state index in [-0.39, 0.29) is 19.5 Å². The van der Waals surface area contributed by atoms with Crippen molar-refractivity contribution in [2.45, 2.75) is 20.8 Å². The third kappa shape index (κ3) is 14.4. The van der Waals surface area contributed by atoms with Crippen molar-refractivity contribution in [1.29, 1.82) is 0 Å². The van der Waals surface area contributed by atoms with Crippen LogP contribution in [0.1, 0.15) is 50.1 Å². The first kappa shape index (κ1) is 45.7. The number of rotatable bonds is 9. The Bertz CT molecular complexity index is 2620. The van der Waals surface area contributed by atoms with Crippen molar-refractivity contribution in [3.63, 3.8) is 0 Å². The van der Waals surface area contributed by atoms with Crippen molar-refractivity contribution in [1.82, 2.24) is 44.9 Å². The van der Waals surface area contributed by atoms with Gasteiger partial charge in [-0.1, -0.05) is 36.5 Å². The minimum absolute atomic E-state index is 0. The Kier molecular flexibility index (Phi) is 17.1. The van der Waals surface area contributed by atoms with Crippen LogP contribution in [0.25, 0.3) is 70.6 Å². The number of hydrogen-bond donors (Lipinski definition) is 0. The first-order chi connectivity index (χ1) is 30.9. The fourth-order valence-electron chi connectivity index (χ4n) is 6.10. The maximum Gasteiger partial charge on any atom is 0.0892 e. The largest absolute Gasteiger partial charge is 0.265 e. The van der Waals surface area contributed by atoms with Crippen molar-refractivity contribution >= 4 is 36.5 Å². The molecule has 0 amide bonds. The molecule has 0 aliphatic heterocycles. The quantitative estimate of drug-likeness (QED) is 0.130. The average Bonchev–Trinajstić information content (AvgIpc) is 3.34. The molecule has 0 aromatic carbocycles. The van der Waals surface area contributed by atoms with E-state index in [0.717, 1.165) is 67.5 Å². The van der Waals surface area contributed by atoms with Crippen molar-refractivity contribution < 1.29 is 19.5 Å². The van der Waals surface area contributed by atoms with Crippen LogP contribution in [-0.2, 0) is 19.5 Å². The van der Waals surface area contributed by atoms with Crippen molar-refractivity contribution in [3.05, 3.63) is 234 Å². The molecule has 9 rings (SSSR count). The molecular formula is C54H45N9Ru. The molecule has 9 heterocycles. The van der Waals surface area contributed by atoms with Crippen LogP contribution >= 0.6 is 0 Å². The van der Waals surface area contributed by atoms with Gasteiger partial charge in [0.1, 0.15) is 0 Å². The molecule has 0 bridgehead atoms. The van der Waals surface area contributed by atoms with E-state index in [1.54, 1.807) is 37.2 Å². The number of hydrogen-bond acceptors (Lipinski definition) is 9. The average molecular weight is 921 g/mol. The van der Waals surface area contributed by atoms with Gasteiger partial charge in [0.15, 0.2) is 0 Å². The summed E-state index contributed by atoms with van der Waals surface area (Å²) < 4.78 is 0. The summed E-state index contributed by atoms with van der Waals surface area (Å²) in [5, 5.41) is 0. The van der Waals surface area contributed by atoms with Crippen molar-refractivity contribution in [3.8, 4) is 34.2 Å². The molecule has 0 saturated carbocycles. The van der Waals surface area contributed by atoms with Gasteiger partial charge in [0.25, 0.3) is 0 Å². The van der Waals surface area contributed by atoms with E-state index in [1.807, 2.05) is 146 Å². The van der Waals surface area contributed by atoms with Crippen LogP contribution in [0.2, 0.25) is 0 Å². The fourth-order valence-corrected chi connectivity index (χ4v) is 6.10. The first-order valence-electron chi connectivity index (χ1n) is 20.4. The Morgan fingerprint density at radius 3 is 0.703 bits per heavy atom. The van der Waals surface area contributed by atoms with Crippen molar-refractivity contribution in [2.24, 2.45) is 0 Å². The minimum Gasteiger partial charge on any atom is -0.265 e. The Morgan fingerprint density at radius 1 is 0.250 bits per heavy atom. The summed E-state index contributed by atoms with van der Waals surface area (Å²) >= 11 is 0. The molecule has 0 aliphatic carbocycles. The molecule has 9 aromatic rings. The molecule has 0 unspecified atom stereocenters. The van der Waals surface area contributed by atoms with Crippen LogP contribution in [0.5, 0.6) is 0 Å². The molecular weight excluding hydrogens is 876 g/mol. The Morgan fingerprint density at radius 2 is 0.453 bits per heavy atom. The third-order valence-electron chi connectivity index (χ3n) is 9.41. The maximum absolute atomic E-state index is 4.40. The number of aromatic nitrogens is 9. The van der Waals surface area contributed by atoms with Gasteiger partial charge in [-0.05, 0) is 180 Å². The minimum atomic E-state index is 0. The molecule has 9 aromatic heterocycles. The van der Waals surface area contributed by atoms with Gasteiger partial charge in [0.2, 0.25) is 0 Å². The van der Waals surface area contributed by atoms with E-state index in [1.165, 1.54) is 16.7 Å². The summed E-state index contributed by atoms with van der Waals surface area (Å²) in [6, 6.07) is 36.0. The molecule has 0 atom stereocenters. The normalized spacial score (nSPS) is 10.7. The first-order valence-corrected chi connectivity index (χ1v) is 20.4. The van der Waals surface area contributed by atoms with Crippen molar-refractivity contribution in [2.75, 3.05) is 0 Å². The Labute approximate surface area is 387 Å². The Balaban J connectivity index is 0.000000158. The molecule has 0 radical (unpaired) electrons. The predicted octanol–water partition coefficient (Wildman–Crippen LogP) is 12.0. The second-order valence-electron chi connectivity index (χ2n) is 14.4. The fraction of sp³-hybridized carbons (Fsp3) is 0.0556. The molecule has 10 heteroatoms. The monoisotopic (exact) mass is 921 g/mol. The van der Waals surface area contributed by atoms with Crippen LogP contribution in [0.15, 0.2) is 184 Å². The zero-order chi connectivity index (χ0) is 43.5. The maximum atomic E-state index is 4.40. The van der Waals surface area contributed by atoms with Crippen LogP contribution in [-0.4, -0.2) is 44.9 Å². The molecule has 0 aliphatic rings. The van der Waals surface area contributed by atoms with E-state index in [0.29, 0.717) is 0 Å². The third-order valence-corrected chi connectivity index (χ3v) is 9.41. The Hall–Kier alpha value is -7.81. The SMILES string of the molecule is Cc1ccnc(-c2cc(C=Cc3ccncc3)ccn2)c1.Cc1ccnc(-c2cc(C=Cc3ccncc3)ccn2)c1.Cc1ccnc(-c2cc(C=Cc3ccncc3)ccn2)c1.[Ru]. The standard InChI is InChI=1S/3C18H15N3.Ru/c3*1-14-4-10-20-17(12-14)18-13-16(7-11-21-18)3-2-15-5-8-19-9-6-15;/h3*2-13H,1H3;. The molecule has 0 fully saturated rings. The van der Waals surface area contributed by atoms with E-state index < -0.39 is 0 Å². The molecule has 0 N–H and O–H groups in total. The van der Waals surface area contributed by atoms with E-state index in [2.05, 4.69) is 102 Å². The van der Waals surface area contributed by atoms with Gasteiger partial charge in [0.05, 0.1) is 34.2 Å². The van der Waals surface area contributed by atoms with E-state index in [4.69, 9.17) is 0 Å². The summed E-state index contributed by atoms with van der Waals surface area (Å²) in [5.74, 6) is 0. The van der Waals surface area contributed by atoms with Crippen LogP contribution in [0, 0.1) is 20.8 Å². The van der Waals surface area contributed by atoms with Gasteiger partial charge in [-0.2, -0.15) is 0 Å². The van der Waals surface area contributed by atoms with Gasteiger partial charge in [0, 0.05) is 93.8 Å². The zero-order valence-electron chi connectivity index (χ0n) is 35.7. The molecule has 9 nitrogen and oxygen atoms in total. The number of pyridine rings is 9. The smallest absolute Gasteiger partial charge is 0.0892 e. The molecule has 314 valence electrons. The molecule has 0 spiro atoms. The van der Waals surface area contributed by atoms with Crippen LogP contribution in [0.4, 0.5) is 0 Å². The molecule has 0 saturated heterocycles. The summed E-state index contributed by atoms with van der Waals surface area (Å²) in [7, 11) is 0. The summed E-state index contributed by atoms with van der Waals surface area (Å²) in [4.78, 5) is 38.4. The summed E-state index contributed by atoms with van der Waals surface area (Å²) in [6.07, 6.45) is 34.0. The van der Waals surface area contributed by atoms with Gasteiger partial charge in [-0.15, -0.1) is 0 Å². The molecule has 64 heavy (non-hydrogen) atoms. The van der Waals surface area contributed by atoms with Gasteiger partial charge in [-0.3, -0.25) is 44.9 Å². The van der Waals surface area contributed by atoms with Gasteiger partial charge >= 0.3 is 0 Å². The van der Waals surface area contributed by atoms with Crippen LogP contribution < -0.4 is 0 Å². The summed E-state index contributed by atoms with van der Waals surface area (Å²) in [5.41, 5.74) is 15.5. The topological polar surface area (TPSA) is 116 Å². The van der Waals surface area contributed by atoms with Gasteiger partial charge in [-0.25, -0.2) is 0 Å².